The second kappa shape index (κ2) is 5.39. The highest BCUT2D eigenvalue weighted by Crippen LogP contribution is 2.25. The smallest absolute Gasteiger partial charge is 0.345 e. The Labute approximate surface area is 120 Å². The van der Waals surface area contributed by atoms with Gasteiger partial charge < -0.3 is 9.52 Å². The fourth-order valence-electron chi connectivity index (χ4n) is 1.63. The Morgan fingerprint density at radius 1 is 1.40 bits per heavy atom. The van der Waals surface area contributed by atoms with Crippen LogP contribution in [0.5, 0.6) is 0 Å². The summed E-state index contributed by atoms with van der Waals surface area (Å²) in [5.41, 5.74) is 0.770. The first-order chi connectivity index (χ1) is 9.32. The lowest BCUT2D eigenvalue weighted by Gasteiger charge is -2.15. The molecule has 0 atom stereocenters. The molecule has 2 heterocycles. The van der Waals surface area contributed by atoms with Crippen molar-refractivity contribution in [2.75, 3.05) is 7.05 Å². The molecule has 8 heteroatoms. The van der Waals surface area contributed by atoms with Gasteiger partial charge >= 0.3 is 5.97 Å². The van der Waals surface area contributed by atoms with E-state index in [9.17, 15) is 13.2 Å². The van der Waals surface area contributed by atoms with E-state index in [0.29, 0.717) is 5.76 Å². The van der Waals surface area contributed by atoms with Gasteiger partial charge in [0.25, 0.3) is 10.0 Å². The number of aromatic carboxylic acids is 1. The first-order valence-electron chi connectivity index (χ1n) is 5.65. The van der Waals surface area contributed by atoms with Crippen molar-refractivity contribution in [1.29, 1.82) is 0 Å². The van der Waals surface area contributed by atoms with Crippen molar-refractivity contribution in [1.82, 2.24) is 4.31 Å². The minimum absolute atomic E-state index is 0.00327. The number of carboxylic acids is 1. The third kappa shape index (κ3) is 2.77. The van der Waals surface area contributed by atoms with Gasteiger partial charge in [0, 0.05) is 19.2 Å². The number of rotatable bonds is 5. The van der Waals surface area contributed by atoms with Crippen LogP contribution in [-0.2, 0) is 16.6 Å². The van der Waals surface area contributed by atoms with Crippen molar-refractivity contribution in [3.63, 3.8) is 0 Å². The Balaban J connectivity index is 2.25. The lowest BCUT2D eigenvalue weighted by atomic mass is 10.3. The highest BCUT2D eigenvalue weighted by Gasteiger charge is 2.24. The first kappa shape index (κ1) is 14.8. The quantitative estimate of drug-likeness (QED) is 0.913. The summed E-state index contributed by atoms with van der Waals surface area (Å²) in [7, 11) is -2.25. The summed E-state index contributed by atoms with van der Waals surface area (Å²) in [6.07, 6.45) is 1.50. The molecule has 0 fully saturated rings. The van der Waals surface area contributed by atoms with E-state index < -0.39 is 16.0 Å². The first-order valence-corrected chi connectivity index (χ1v) is 7.90. The van der Waals surface area contributed by atoms with Crippen molar-refractivity contribution in [3.05, 3.63) is 40.7 Å². The van der Waals surface area contributed by atoms with E-state index in [-0.39, 0.29) is 15.6 Å². The van der Waals surface area contributed by atoms with Crippen LogP contribution in [0.15, 0.2) is 33.1 Å². The van der Waals surface area contributed by atoms with Gasteiger partial charge in [-0.15, -0.1) is 11.3 Å². The molecule has 0 amide bonds. The lowest BCUT2D eigenvalue weighted by molar-refractivity contribution is 0.0702. The Hall–Kier alpha value is -1.64. The van der Waals surface area contributed by atoms with Gasteiger partial charge in [0.2, 0.25) is 0 Å². The molecule has 0 aromatic carbocycles. The zero-order chi connectivity index (χ0) is 14.9. The fraction of sp³-hybridized carbons (Fsp3) is 0.250. The predicted octanol–water partition coefficient (Wildman–Crippen LogP) is 2.17. The molecule has 0 spiro atoms. The molecule has 6 nitrogen and oxygen atoms in total. The zero-order valence-corrected chi connectivity index (χ0v) is 12.5. The average molecular weight is 315 g/mol. The summed E-state index contributed by atoms with van der Waals surface area (Å²) in [6.45, 7) is 1.93. The molecule has 2 rings (SSSR count). The van der Waals surface area contributed by atoms with Crippen LogP contribution in [0.3, 0.4) is 0 Å². The zero-order valence-electron chi connectivity index (χ0n) is 10.9. The molecule has 0 unspecified atom stereocenters. The number of aryl methyl sites for hydroxylation is 1. The molecule has 0 aliphatic carbocycles. The van der Waals surface area contributed by atoms with Crippen LogP contribution in [0.25, 0.3) is 0 Å². The van der Waals surface area contributed by atoms with Crippen molar-refractivity contribution >= 4 is 27.3 Å². The number of nitrogens with zero attached hydrogens (tertiary/aromatic N) is 1. The van der Waals surface area contributed by atoms with Gasteiger partial charge in [-0.05, 0) is 25.1 Å². The second-order valence-electron chi connectivity index (χ2n) is 4.19. The van der Waals surface area contributed by atoms with E-state index in [1.165, 1.54) is 29.7 Å². The average Bonchev–Trinajstić information content (AvgIpc) is 2.99. The third-order valence-corrected chi connectivity index (χ3v) is 6.16. The molecular formula is C12H13NO5S2. The van der Waals surface area contributed by atoms with Gasteiger partial charge in [-0.1, -0.05) is 0 Å². The molecule has 108 valence electrons. The van der Waals surface area contributed by atoms with Crippen LogP contribution in [-0.4, -0.2) is 30.8 Å². The number of sulfonamides is 1. The van der Waals surface area contributed by atoms with E-state index in [4.69, 9.17) is 9.52 Å². The van der Waals surface area contributed by atoms with Crippen molar-refractivity contribution in [2.45, 2.75) is 17.7 Å². The van der Waals surface area contributed by atoms with Crippen molar-refractivity contribution in [2.24, 2.45) is 0 Å². The van der Waals surface area contributed by atoms with Gasteiger partial charge in [0.15, 0.2) is 0 Å². The summed E-state index contributed by atoms with van der Waals surface area (Å²) in [5.74, 6) is -0.478. The van der Waals surface area contributed by atoms with E-state index in [1.807, 2.05) is 0 Å². The SMILES string of the molecule is Cc1occc1CN(C)S(=O)(=O)c1ccc(C(=O)O)s1. The van der Waals surface area contributed by atoms with Crippen LogP contribution in [0.1, 0.15) is 21.0 Å². The monoisotopic (exact) mass is 315 g/mol. The summed E-state index contributed by atoms with van der Waals surface area (Å²) in [5, 5.41) is 8.84. The van der Waals surface area contributed by atoms with E-state index in [2.05, 4.69) is 0 Å². The number of hydrogen-bond acceptors (Lipinski definition) is 5. The topological polar surface area (TPSA) is 87.8 Å². The standard InChI is InChI=1S/C12H13NO5S2/c1-8-9(5-6-18-8)7-13(2)20(16,17)11-4-3-10(19-11)12(14)15/h3-6H,7H2,1-2H3,(H,14,15). The van der Waals surface area contributed by atoms with Crippen LogP contribution in [0.2, 0.25) is 0 Å². The molecule has 0 bridgehead atoms. The molecule has 0 saturated heterocycles. The fourth-order valence-corrected chi connectivity index (χ4v) is 4.13. The number of carbonyl (C=O) groups is 1. The van der Waals surface area contributed by atoms with E-state index >= 15 is 0 Å². The highest BCUT2D eigenvalue weighted by atomic mass is 32.2. The molecule has 0 aliphatic heterocycles. The molecule has 20 heavy (non-hydrogen) atoms. The summed E-state index contributed by atoms with van der Waals surface area (Å²) >= 11 is 0.740. The Kier molecular flexibility index (Phi) is 3.98. The molecular weight excluding hydrogens is 302 g/mol. The van der Waals surface area contributed by atoms with E-state index in [1.54, 1.807) is 13.0 Å². The van der Waals surface area contributed by atoms with Crippen molar-refractivity contribution in [3.8, 4) is 0 Å². The highest BCUT2D eigenvalue weighted by molar-refractivity contribution is 7.91. The van der Waals surface area contributed by atoms with Gasteiger partial charge in [0.05, 0.1) is 6.26 Å². The minimum atomic E-state index is -3.70. The van der Waals surface area contributed by atoms with Crippen LogP contribution >= 0.6 is 11.3 Å². The number of hydrogen-bond donors (Lipinski definition) is 1. The maximum atomic E-state index is 12.3. The van der Waals surface area contributed by atoms with Gasteiger partial charge in [-0.25, -0.2) is 13.2 Å². The summed E-state index contributed by atoms with van der Waals surface area (Å²) in [6, 6.07) is 4.30. The molecule has 0 saturated carbocycles. The van der Waals surface area contributed by atoms with E-state index in [0.717, 1.165) is 16.9 Å². The second-order valence-corrected chi connectivity index (χ2v) is 7.54. The van der Waals surface area contributed by atoms with Gasteiger partial charge in [0.1, 0.15) is 14.8 Å². The number of carboxylic acid groups (broad SMARTS) is 1. The molecule has 0 radical (unpaired) electrons. The maximum absolute atomic E-state index is 12.3. The van der Waals surface area contributed by atoms with Gasteiger partial charge in [-0.3, -0.25) is 0 Å². The predicted molar refractivity (Wildman–Crippen MR) is 73.4 cm³/mol. The van der Waals surface area contributed by atoms with Crippen LogP contribution < -0.4 is 0 Å². The Bertz CT molecular complexity index is 729. The summed E-state index contributed by atoms with van der Waals surface area (Å²) in [4.78, 5) is 10.8. The number of furan rings is 1. The molecule has 2 aromatic rings. The maximum Gasteiger partial charge on any atom is 0.345 e. The summed E-state index contributed by atoms with van der Waals surface area (Å²) < 4.78 is 30.9. The Morgan fingerprint density at radius 3 is 2.60 bits per heavy atom. The minimum Gasteiger partial charge on any atom is -0.477 e. The van der Waals surface area contributed by atoms with Crippen molar-refractivity contribution < 1.29 is 22.7 Å². The molecule has 2 aromatic heterocycles. The number of thiophene rings is 1. The molecule has 1 N–H and O–H groups in total. The Morgan fingerprint density at radius 2 is 2.10 bits per heavy atom. The third-order valence-electron chi connectivity index (χ3n) is 2.82. The normalized spacial score (nSPS) is 11.9. The lowest BCUT2D eigenvalue weighted by Crippen LogP contribution is -2.25. The van der Waals surface area contributed by atoms with Crippen LogP contribution in [0, 0.1) is 6.92 Å². The largest absolute Gasteiger partial charge is 0.477 e. The van der Waals surface area contributed by atoms with Crippen LogP contribution in [0.4, 0.5) is 0 Å². The molecule has 0 aliphatic rings. The van der Waals surface area contributed by atoms with Gasteiger partial charge in [-0.2, -0.15) is 4.31 Å².